The molecule has 0 saturated heterocycles. The Bertz CT molecular complexity index is 1040. The predicted octanol–water partition coefficient (Wildman–Crippen LogP) is 4.46. The number of amides is 2. The van der Waals surface area contributed by atoms with E-state index in [1.54, 1.807) is 6.92 Å². The molecule has 1 aromatic carbocycles. The van der Waals surface area contributed by atoms with E-state index in [2.05, 4.69) is 15.6 Å². The van der Waals surface area contributed by atoms with Crippen LogP contribution in [0.1, 0.15) is 48.8 Å². The van der Waals surface area contributed by atoms with E-state index in [0.29, 0.717) is 17.7 Å². The lowest BCUT2D eigenvalue weighted by Crippen LogP contribution is -2.50. The van der Waals surface area contributed by atoms with Crippen molar-refractivity contribution >= 4 is 12.0 Å². The highest BCUT2D eigenvalue weighted by atomic mass is 19.4. The number of ether oxygens (including phenoxy) is 1. The van der Waals surface area contributed by atoms with Gasteiger partial charge in [0.05, 0.1) is 28.9 Å². The van der Waals surface area contributed by atoms with Gasteiger partial charge in [0.25, 0.3) is 5.91 Å². The molecule has 3 rings (SSSR count). The van der Waals surface area contributed by atoms with Gasteiger partial charge in [-0.05, 0) is 48.6 Å². The smallest absolute Gasteiger partial charge is 0.419 e. The number of carbonyl (C=O) groups excluding carboxylic acids is 1. The summed E-state index contributed by atoms with van der Waals surface area (Å²) in [4.78, 5) is 27.4. The van der Waals surface area contributed by atoms with E-state index >= 15 is 0 Å². The lowest BCUT2D eigenvalue weighted by atomic mass is 9.91. The van der Waals surface area contributed by atoms with E-state index < -0.39 is 29.1 Å². The van der Waals surface area contributed by atoms with Crippen molar-refractivity contribution in [3.05, 3.63) is 47.3 Å². The molecule has 0 spiro atoms. The van der Waals surface area contributed by atoms with Crippen LogP contribution in [-0.2, 0) is 12.7 Å². The summed E-state index contributed by atoms with van der Waals surface area (Å²) < 4.78 is 47.1. The van der Waals surface area contributed by atoms with Crippen LogP contribution in [0, 0.1) is 5.92 Å². The maximum atomic E-state index is 13.9. The summed E-state index contributed by atoms with van der Waals surface area (Å²) in [7, 11) is 0. The first kappa shape index (κ1) is 23.4. The minimum absolute atomic E-state index is 0.0832. The second-order valence-corrected chi connectivity index (χ2v) is 8.45. The third kappa shape index (κ3) is 5.12. The molecule has 1 atom stereocenters. The van der Waals surface area contributed by atoms with E-state index in [0.717, 1.165) is 6.07 Å². The van der Waals surface area contributed by atoms with Gasteiger partial charge in [0.15, 0.2) is 0 Å². The number of halogens is 3. The molecule has 2 aromatic rings. The molecule has 0 radical (unpaired) electrons. The van der Waals surface area contributed by atoms with Crippen molar-refractivity contribution in [1.82, 2.24) is 15.6 Å². The lowest BCUT2D eigenvalue weighted by Gasteiger charge is -2.31. The van der Waals surface area contributed by atoms with Gasteiger partial charge < -0.3 is 20.5 Å². The maximum absolute atomic E-state index is 13.9. The quantitative estimate of drug-likeness (QED) is 0.577. The van der Waals surface area contributed by atoms with Crippen molar-refractivity contribution in [2.75, 3.05) is 6.61 Å². The van der Waals surface area contributed by atoms with Crippen LogP contribution < -0.4 is 15.4 Å². The number of hydrogen-bond donors (Lipinski definition) is 3. The minimum Gasteiger partial charge on any atom is -0.491 e. The number of rotatable bonds is 7. The van der Waals surface area contributed by atoms with Crippen LogP contribution in [0.4, 0.5) is 18.0 Å². The Hall–Kier alpha value is -3.30. The fraction of sp³-hybridized carbons (Fsp3) is 0.409. The molecule has 172 valence electrons. The molecule has 1 aromatic heterocycles. The standard InChI is InChI=1S/C22H24F3N3O4/c1-12(2)9-21(3,28-20(30)31)11-32-17-5-4-13(8-15(17)22(23,24)25)14-6-7-26-16-10-27-19(29)18(14)16/h4-8,12,28H,9-11H2,1-3H3,(H,27,29)(H,30,31). The second-order valence-electron chi connectivity index (χ2n) is 8.45. The Morgan fingerprint density at radius 1 is 1.31 bits per heavy atom. The zero-order valence-electron chi connectivity index (χ0n) is 17.8. The van der Waals surface area contributed by atoms with Crippen LogP contribution in [0.3, 0.4) is 0 Å². The molecule has 0 fully saturated rings. The van der Waals surface area contributed by atoms with Crippen LogP contribution in [0.15, 0.2) is 30.5 Å². The van der Waals surface area contributed by atoms with Crippen LogP contribution >= 0.6 is 0 Å². The Labute approximate surface area is 183 Å². The molecule has 3 N–H and O–H groups in total. The number of carbonyl (C=O) groups is 2. The number of pyridine rings is 1. The molecule has 1 unspecified atom stereocenters. The van der Waals surface area contributed by atoms with Crippen molar-refractivity contribution in [1.29, 1.82) is 0 Å². The SMILES string of the molecule is CC(C)CC(C)(COc1ccc(-c2ccnc3c2C(=O)NC3)cc1C(F)(F)F)NC(=O)O. The fourth-order valence-corrected chi connectivity index (χ4v) is 3.97. The van der Waals surface area contributed by atoms with E-state index in [-0.39, 0.29) is 36.1 Å². The molecule has 0 bridgehead atoms. The van der Waals surface area contributed by atoms with Crippen molar-refractivity contribution in [2.45, 2.75) is 45.5 Å². The summed E-state index contributed by atoms with van der Waals surface area (Å²) in [6.07, 6.45) is -4.19. The second kappa shape index (κ2) is 8.68. The normalized spacial score (nSPS) is 15.2. The number of carboxylic acid groups (broad SMARTS) is 1. The molecule has 2 heterocycles. The highest BCUT2D eigenvalue weighted by Gasteiger charge is 2.37. The van der Waals surface area contributed by atoms with Crippen LogP contribution in [0.25, 0.3) is 11.1 Å². The minimum atomic E-state index is -4.72. The predicted molar refractivity (Wildman–Crippen MR) is 110 cm³/mol. The highest BCUT2D eigenvalue weighted by molar-refractivity contribution is 6.04. The van der Waals surface area contributed by atoms with Crippen molar-refractivity contribution in [3.63, 3.8) is 0 Å². The number of benzene rings is 1. The fourth-order valence-electron chi connectivity index (χ4n) is 3.97. The monoisotopic (exact) mass is 451 g/mol. The first-order valence-corrected chi connectivity index (χ1v) is 10.0. The molecule has 7 nitrogen and oxygen atoms in total. The Kier molecular flexibility index (Phi) is 6.34. The van der Waals surface area contributed by atoms with Gasteiger partial charge in [-0.3, -0.25) is 9.78 Å². The van der Waals surface area contributed by atoms with E-state index in [1.165, 1.54) is 24.4 Å². The summed E-state index contributed by atoms with van der Waals surface area (Å²) in [6, 6.07) is 5.06. The number of fused-ring (bicyclic) bond motifs is 1. The van der Waals surface area contributed by atoms with Gasteiger partial charge in [-0.25, -0.2) is 4.79 Å². The number of alkyl halides is 3. The van der Waals surface area contributed by atoms with Crippen LogP contribution in [0.2, 0.25) is 0 Å². The average Bonchev–Trinajstić information content (AvgIpc) is 3.05. The third-order valence-electron chi connectivity index (χ3n) is 5.08. The van der Waals surface area contributed by atoms with Gasteiger partial charge in [-0.2, -0.15) is 13.2 Å². The Balaban J connectivity index is 1.96. The molecule has 1 aliphatic rings. The Morgan fingerprint density at radius 2 is 2.03 bits per heavy atom. The molecule has 0 saturated carbocycles. The summed E-state index contributed by atoms with van der Waals surface area (Å²) >= 11 is 0. The number of nitrogens with one attached hydrogen (secondary N) is 2. The largest absolute Gasteiger partial charge is 0.491 e. The zero-order chi connectivity index (χ0) is 23.7. The number of nitrogens with zero attached hydrogens (tertiary/aromatic N) is 1. The third-order valence-corrected chi connectivity index (χ3v) is 5.08. The maximum Gasteiger partial charge on any atom is 0.419 e. The van der Waals surface area contributed by atoms with Crippen molar-refractivity contribution in [3.8, 4) is 16.9 Å². The Morgan fingerprint density at radius 3 is 2.66 bits per heavy atom. The summed E-state index contributed by atoms with van der Waals surface area (Å²) in [6.45, 7) is 5.27. The summed E-state index contributed by atoms with van der Waals surface area (Å²) in [5.41, 5.74) is -0.810. The molecule has 32 heavy (non-hydrogen) atoms. The average molecular weight is 451 g/mol. The van der Waals surface area contributed by atoms with Gasteiger partial charge >= 0.3 is 12.3 Å². The molecule has 10 heteroatoms. The van der Waals surface area contributed by atoms with Gasteiger partial charge in [0.1, 0.15) is 12.4 Å². The van der Waals surface area contributed by atoms with Crippen LogP contribution in [-0.4, -0.2) is 34.2 Å². The molecular weight excluding hydrogens is 427 g/mol. The topological polar surface area (TPSA) is 101 Å². The van der Waals surface area contributed by atoms with Gasteiger partial charge in [-0.15, -0.1) is 0 Å². The first-order chi connectivity index (χ1) is 14.9. The van der Waals surface area contributed by atoms with E-state index in [4.69, 9.17) is 9.84 Å². The number of hydrogen-bond acceptors (Lipinski definition) is 4. The van der Waals surface area contributed by atoms with Gasteiger partial charge in [-0.1, -0.05) is 19.9 Å². The van der Waals surface area contributed by atoms with Gasteiger partial charge in [0.2, 0.25) is 0 Å². The molecule has 2 amide bonds. The molecule has 0 aliphatic carbocycles. The van der Waals surface area contributed by atoms with Crippen LogP contribution in [0.5, 0.6) is 5.75 Å². The van der Waals surface area contributed by atoms with Crippen molar-refractivity contribution in [2.24, 2.45) is 5.92 Å². The van der Waals surface area contributed by atoms with Gasteiger partial charge in [0, 0.05) is 6.20 Å². The summed E-state index contributed by atoms with van der Waals surface area (Å²) in [5, 5.41) is 14.1. The van der Waals surface area contributed by atoms with E-state index in [9.17, 15) is 22.8 Å². The zero-order valence-corrected chi connectivity index (χ0v) is 17.8. The molecule has 1 aliphatic heterocycles. The molecular formula is C22H24F3N3O4. The lowest BCUT2D eigenvalue weighted by molar-refractivity contribution is -0.139. The van der Waals surface area contributed by atoms with Crippen molar-refractivity contribution < 1.29 is 32.6 Å². The number of aromatic nitrogens is 1. The summed E-state index contributed by atoms with van der Waals surface area (Å²) in [5.74, 6) is -0.723. The van der Waals surface area contributed by atoms with E-state index in [1.807, 2.05) is 13.8 Å². The first-order valence-electron chi connectivity index (χ1n) is 10.0. The highest BCUT2D eigenvalue weighted by Crippen LogP contribution is 2.40.